The van der Waals surface area contributed by atoms with E-state index in [4.69, 9.17) is 23.9 Å². The molecule has 52 heavy (non-hydrogen) atoms. The van der Waals surface area contributed by atoms with Crippen LogP contribution in [-0.2, 0) is 20.9 Å². The molecule has 9 nitrogen and oxygen atoms in total. The molecule has 6 rings (SSSR count). The highest BCUT2D eigenvalue weighted by Gasteiger charge is 2.35. The van der Waals surface area contributed by atoms with E-state index in [1.165, 1.54) is 11.3 Å². The molecular weight excluding hydrogens is 764 g/mol. The highest BCUT2D eigenvalue weighted by atomic mass is 79.9. The van der Waals surface area contributed by atoms with Crippen molar-refractivity contribution in [2.24, 2.45) is 4.99 Å². The molecule has 266 valence electrons. The number of thioether (sulfide) groups is 1. The van der Waals surface area contributed by atoms with Gasteiger partial charge in [-0.1, -0.05) is 65.9 Å². The Bertz CT molecular complexity index is 2320. The number of ether oxygens (including phenoxy) is 4. The van der Waals surface area contributed by atoms with E-state index < -0.39 is 12.0 Å². The Morgan fingerprint density at radius 3 is 2.29 bits per heavy atom. The minimum Gasteiger partial charge on any atom is -0.493 e. The third-order valence-corrected chi connectivity index (χ3v) is 10.5. The number of carbonyl (C=O) groups is 2. The van der Waals surface area contributed by atoms with Gasteiger partial charge in [-0.25, -0.2) is 14.6 Å². The summed E-state index contributed by atoms with van der Waals surface area (Å²) in [7, 11) is 1.55. The predicted octanol–water partition coefficient (Wildman–Crippen LogP) is 7.18. The van der Waals surface area contributed by atoms with Crippen LogP contribution < -0.4 is 24.4 Å². The van der Waals surface area contributed by atoms with E-state index in [9.17, 15) is 14.4 Å². The van der Waals surface area contributed by atoms with Gasteiger partial charge in [0.15, 0.2) is 16.3 Å². The third-order valence-electron chi connectivity index (χ3n) is 8.20. The van der Waals surface area contributed by atoms with Crippen LogP contribution in [0.5, 0.6) is 11.5 Å². The molecule has 0 amide bonds. The van der Waals surface area contributed by atoms with E-state index in [2.05, 4.69) is 15.9 Å². The molecule has 0 radical (unpaired) electrons. The third kappa shape index (κ3) is 7.79. The number of thiazole rings is 1. The second kappa shape index (κ2) is 16.6. The highest BCUT2D eigenvalue weighted by Crippen LogP contribution is 2.38. The van der Waals surface area contributed by atoms with Gasteiger partial charge in [-0.3, -0.25) is 9.36 Å². The first-order valence-corrected chi connectivity index (χ1v) is 19.3. The number of hydrogen-bond acceptors (Lipinski definition) is 10. The smallest absolute Gasteiger partial charge is 0.338 e. The largest absolute Gasteiger partial charge is 0.493 e. The number of esters is 2. The van der Waals surface area contributed by atoms with Crippen molar-refractivity contribution in [2.75, 3.05) is 26.6 Å². The quantitative estimate of drug-likeness (QED) is 0.0966. The van der Waals surface area contributed by atoms with Crippen molar-refractivity contribution in [3.63, 3.8) is 0 Å². The van der Waals surface area contributed by atoms with Crippen LogP contribution in [0.4, 0.5) is 0 Å². The molecule has 0 saturated heterocycles. The van der Waals surface area contributed by atoms with E-state index in [1.807, 2.05) is 79.1 Å². The van der Waals surface area contributed by atoms with Crippen molar-refractivity contribution in [1.82, 2.24) is 4.57 Å². The van der Waals surface area contributed by atoms with Crippen molar-refractivity contribution in [3.8, 4) is 11.5 Å². The molecule has 0 spiro atoms. The van der Waals surface area contributed by atoms with Gasteiger partial charge in [0, 0.05) is 10.5 Å². The SMILES string of the molecule is CCOC(=O)C1=C(c2ccccc2)N=c2s/c(=C\c3cc(Br)c(OCc4ccc(C(=O)OCC)cc4)c(OC)c3)c(=O)n2[C@@H]1c1ccc(SC)cc1. The topological polar surface area (TPSA) is 105 Å². The molecule has 0 unspecified atom stereocenters. The maximum atomic E-state index is 14.4. The zero-order valence-electron chi connectivity index (χ0n) is 28.9. The Labute approximate surface area is 317 Å². The Hall–Kier alpha value is -4.91. The normalized spacial score (nSPS) is 14.0. The van der Waals surface area contributed by atoms with E-state index in [1.54, 1.807) is 61.6 Å². The second-order valence-electron chi connectivity index (χ2n) is 11.4. The molecule has 1 aliphatic heterocycles. The minimum atomic E-state index is -0.771. The number of methoxy groups -OCH3 is 1. The molecule has 0 aliphatic carbocycles. The maximum Gasteiger partial charge on any atom is 0.338 e. The van der Waals surface area contributed by atoms with Gasteiger partial charge in [0.2, 0.25) is 0 Å². The maximum absolute atomic E-state index is 14.4. The van der Waals surface area contributed by atoms with Gasteiger partial charge in [-0.15, -0.1) is 11.8 Å². The lowest BCUT2D eigenvalue weighted by atomic mass is 9.93. The summed E-state index contributed by atoms with van der Waals surface area (Å²) in [6.07, 6.45) is 3.77. The lowest BCUT2D eigenvalue weighted by molar-refractivity contribution is -0.138. The van der Waals surface area contributed by atoms with Gasteiger partial charge in [-0.2, -0.15) is 0 Å². The van der Waals surface area contributed by atoms with Gasteiger partial charge in [0.05, 0.1) is 52.2 Å². The zero-order chi connectivity index (χ0) is 36.8. The number of halogens is 1. The average Bonchev–Trinajstić information content (AvgIpc) is 3.47. The standard InChI is InChI=1S/C40H35BrN2O7S2/c1-5-48-38(45)28-14-12-24(13-15-28)23-50-36-30(41)20-25(21-31(36)47-3)22-32-37(44)43-35(27-16-18-29(51-4)19-17-27)33(39(46)49-6-2)34(42-40(43)52-32)26-10-8-7-9-11-26/h7-22,35H,5-6,23H2,1-4H3/b32-22-/t35-/m1/s1. The summed E-state index contributed by atoms with van der Waals surface area (Å²) < 4.78 is 25.1. The van der Waals surface area contributed by atoms with Crippen molar-refractivity contribution >= 4 is 62.7 Å². The van der Waals surface area contributed by atoms with Crippen LogP contribution in [0.1, 0.15) is 52.5 Å². The Kier molecular flexibility index (Phi) is 11.8. The zero-order valence-corrected chi connectivity index (χ0v) is 32.1. The van der Waals surface area contributed by atoms with E-state index in [-0.39, 0.29) is 24.7 Å². The van der Waals surface area contributed by atoms with Gasteiger partial charge >= 0.3 is 11.9 Å². The molecular formula is C40H35BrN2O7S2. The lowest BCUT2D eigenvalue weighted by Crippen LogP contribution is -2.40. The molecule has 0 bridgehead atoms. The van der Waals surface area contributed by atoms with E-state index in [0.29, 0.717) is 54.3 Å². The number of hydrogen-bond donors (Lipinski definition) is 0. The molecule has 0 saturated carbocycles. The van der Waals surface area contributed by atoms with Gasteiger partial charge < -0.3 is 18.9 Å². The molecule has 1 atom stereocenters. The molecule has 0 fully saturated rings. The lowest BCUT2D eigenvalue weighted by Gasteiger charge is -2.26. The number of fused-ring (bicyclic) bond motifs is 1. The van der Waals surface area contributed by atoms with E-state index in [0.717, 1.165) is 21.6 Å². The number of aromatic nitrogens is 1. The fraction of sp³-hybridized carbons (Fsp3) is 0.200. The molecule has 2 heterocycles. The van der Waals surface area contributed by atoms with Gasteiger partial charge in [-0.05, 0) is 95.2 Å². The van der Waals surface area contributed by atoms with Crippen LogP contribution in [0.3, 0.4) is 0 Å². The molecule has 0 N–H and O–H groups in total. The van der Waals surface area contributed by atoms with Crippen LogP contribution in [0.2, 0.25) is 0 Å². The van der Waals surface area contributed by atoms with Crippen molar-refractivity contribution in [3.05, 3.63) is 149 Å². The molecule has 12 heteroatoms. The van der Waals surface area contributed by atoms with Crippen molar-refractivity contribution in [2.45, 2.75) is 31.4 Å². The number of carbonyl (C=O) groups excluding carboxylic acids is 2. The summed E-state index contributed by atoms with van der Waals surface area (Å²) in [5, 5.41) is 0. The summed E-state index contributed by atoms with van der Waals surface area (Å²) in [4.78, 5) is 46.6. The van der Waals surface area contributed by atoms with E-state index >= 15 is 0 Å². The van der Waals surface area contributed by atoms with Crippen LogP contribution in [-0.4, -0.2) is 43.1 Å². The van der Waals surface area contributed by atoms with Gasteiger partial charge in [0.1, 0.15) is 6.61 Å². The first-order chi connectivity index (χ1) is 25.3. The Balaban J connectivity index is 1.41. The summed E-state index contributed by atoms with van der Waals surface area (Å²) >= 11 is 6.48. The summed E-state index contributed by atoms with van der Waals surface area (Å²) in [6.45, 7) is 4.22. The van der Waals surface area contributed by atoms with Crippen molar-refractivity contribution < 1.29 is 28.5 Å². The summed E-state index contributed by atoms with van der Waals surface area (Å²) in [5.74, 6) is 0.0337. The van der Waals surface area contributed by atoms with Crippen LogP contribution >= 0.6 is 39.0 Å². The Morgan fingerprint density at radius 1 is 0.942 bits per heavy atom. The monoisotopic (exact) mass is 798 g/mol. The van der Waals surface area contributed by atoms with Crippen LogP contribution in [0.15, 0.2) is 116 Å². The minimum absolute atomic E-state index is 0.172. The van der Waals surface area contributed by atoms with Crippen LogP contribution in [0.25, 0.3) is 11.8 Å². The summed E-state index contributed by atoms with van der Waals surface area (Å²) in [5.41, 5.74) is 3.98. The second-order valence-corrected chi connectivity index (χ2v) is 14.2. The van der Waals surface area contributed by atoms with Crippen molar-refractivity contribution in [1.29, 1.82) is 0 Å². The fourth-order valence-electron chi connectivity index (χ4n) is 5.76. The molecule has 5 aromatic rings. The average molecular weight is 800 g/mol. The van der Waals surface area contributed by atoms with Crippen LogP contribution in [0, 0.1) is 0 Å². The highest BCUT2D eigenvalue weighted by molar-refractivity contribution is 9.10. The number of nitrogens with zero attached hydrogens (tertiary/aromatic N) is 2. The molecule has 1 aliphatic rings. The molecule has 4 aromatic carbocycles. The molecule has 1 aromatic heterocycles. The Morgan fingerprint density at radius 2 is 1.63 bits per heavy atom. The summed E-state index contributed by atoms with van der Waals surface area (Å²) in [6, 6.07) is 27.2. The predicted molar refractivity (Wildman–Crippen MR) is 207 cm³/mol. The number of benzene rings is 4. The number of rotatable bonds is 12. The van der Waals surface area contributed by atoms with Gasteiger partial charge in [0.25, 0.3) is 5.56 Å². The fourth-order valence-corrected chi connectivity index (χ4v) is 7.75. The first-order valence-electron chi connectivity index (χ1n) is 16.4. The first kappa shape index (κ1) is 36.9.